The molecule has 0 aliphatic rings. The van der Waals surface area contributed by atoms with Crippen molar-refractivity contribution in [3.63, 3.8) is 0 Å². The summed E-state index contributed by atoms with van der Waals surface area (Å²) in [6.45, 7) is 0. The van der Waals surface area contributed by atoms with E-state index in [2.05, 4.69) is 9.97 Å². The molecule has 7 heteroatoms. The average Bonchev–Trinajstić information content (AvgIpc) is 2.47. The van der Waals surface area contributed by atoms with E-state index in [1.54, 1.807) is 12.1 Å². The van der Waals surface area contributed by atoms with Gasteiger partial charge in [0.1, 0.15) is 11.6 Å². The van der Waals surface area contributed by atoms with Gasteiger partial charge in [-0.1, -0.05) is 24.3 Å². The molecule has 6 nitrogen and oxygen atoms in total. The van der Waals surface area contributed by atoms with Crippen LogP contribution in [0.3, 0.4) is 0 Å². The van der Waals surface area contributed by atoms with Gasteiger partial charge in [0.15, 0.2) is 0 Å². The Morgan fingerprint density at radius 2 is 1.64 bits per heavy atom. The number of nitrogen functional groups attached to an aromatic ring is 1. The normalized spacial score (nSPS) is 11.7. The Labute approximate surface area is 127 Å². The van der Waals surface area contributed by atoms with Crippen LogP contribution in [0, 0.1) is 0 Å². The fourth-order valence-corrected chi connectivity index (χ4v) is 2.73. The maximum absolute atomic E-state index is 11.2. The van der Waals surface area contributed by atoms with Gasteiger partial charge in [0.25, 0.3) is 0 Å². The number of primary sulfonamides is 1. The molecule has 1 aromatic heterocycles. The number of nitrogens with two attached hydrogens (primary N) is 2. The molecule has 3 aromatic rings. The van der Waals surface area contributed by atoms with Crippen LogP contribution in [-0.2, 0) is 16.4 Å². The first-order valence-electron chi connectivity index (χ1n) is 6.56. The van der Waals surface area contributed by atoms with Crippen LogP contribution in [0.2, 0.25) is 0 Å². The molecule has 0 amide bonds. The Morgan fingerprint density at radius 1 is 0.955 bits per heavy atom. The van der Waals surface area contributed by atoms with Crippen LogP contribution >= 0.6 is 0 Å². The van der Waals surface area contributed by atoms with Crippen molar-refractivity contribution in [1.29, 1.82) is 0 Å². The van der Waals surface area contributed by atoms with Gasteiger partial charge >= 0.3 is 0 Å². The number of hydrogen-bond donors (Lipinski definition) is 2. The lowest BCUT2D eigenvalue weighted by molar-refractivity contribution is 0.598. The van der Waals surface area contributed by atoms with Crippen molar-refractivity contribution in [3.05, 3.63) is 59.9 Å². The van der Waals surface area contributed by atoms with Crippen molar-refractivity contribution in [2.24, 2.45) is 5.14 Å². The van der Waals surface area contributed by atoms with Gasteiger partial charge in [-0.3, -0.25) is 0 Å². The fourth-order valence-electron chi connectivity index (χ4n) is 2.21. The number of benzene rings is 2. The van der Waals surface area contributed by atoms with Crippen molar-refractivity contribution in [2.75, 3.05) is 5.73 Å². The Balaban J connectivity index is 1.93. The smallest absolute Gasteiger partial charge is 0.238 e. The summed E-state index contributed by atoms with van der Waals surface area (Å²) in [4.78, 5) is 8.84. The quantitative estimate of drug-likeness (QED) is 0.760. The van der Waals surface area contributed by atoms with Crippen molar-refractivity contribution in [2.45, 2.75) is 11.3 Å². The van der Waals surface area contributed by atoms with Gasteiger partial charge in [0.05, 0.1) is 10.4 Å². The highest BCUT2D eigenvalue weighted by Crippen LogP contribution is 2.19. The van der Waals surface area contributed by atoms with Crippen LogP contribution in [0.1, 0.15) is 11.4 Å². The molecule has 3 rings (SSSR count). The van der Waals surface area contributed by atoms with Crippen molar-refractivity contribution in [1.82, 2.24) is 9.97 Å². The first kappa shape index (κ1) is 14.4. The summed E-state index contributed by atoms with van der Waals surface area (Å²) < 4.78 is 22.5. The lowest BCUT2D eigenvalue weighted by Gasteiger charge is -2.06. The summed E-state index contributed by atoms with van der Waals surface area (Å²) in [6.07, 6.45) is 0.458. The summed E-state index contributed by atoms with van der Waals surface area (Å²) in [5, 5.41) is 5.89. The highest BCUT2D eigenvalue weighted by atomic mass is 32.2. The molecule has 0 unspecified atom stereocenters. The van der Waals surface area contributed by atoms with Gasteiger partial charge in [-0.25, -0.2) is 23.5 Å². The molecule has 0 saturated heterocycles. The molecule has 0 aliphatic carbocycles. The van der Waals surface area contributed by atoms with Crippen LogP contribution < -0.4 is 10.9 Å². The van der Waals surface area contributed by atoms with Gasteiger partial charge in [-0.05, 0) is 29.8 Å². The van der Waals surface area contributed by atoms with Gasteiger partial charge in [-0.2, -0.15) is 0 Å². The Bertz CT molecular complexity index is 937. The topological polar surface area (TPSA) is 112 Å². The number of para-hydroxylation sites is 1. The highest BCUT2D eigenvalue weighted by Gasteiger charge is 2.09. The minimum atomic E-state index is -3.68. The van der Waals surface area contributed by atoms with E-state index in [0.717, 1.165) is 16.5 Å². The van der Waals surface area contributed by atoms with E-state index in [1.807, 2.05) is 24.3 Å². The predicted molar refractivity (Wildman–Crippen MR) is 84.6 cm³/mol. The Morgan fingerprint density at radius 3 is 2.32 bits per heavy atom. The first-order valence-corrected chi connectivity index (χ1v) is 8.11. The second-order valence-corrected chi connectivity index (χ2v) is 6.47. The highest BCUT2D eigenvalue weighted by molar-refractivity contribution is 7.89. The summed E-state index contributed by atoms with van der Waals surface area (Å²) in [5.41, 5.74) is 7.61. The molecular weight excluding hydrogens is 300 g/mol. The van der Waals surface area contributed by atoms with E-state index in [-0.39, 0.29) is 4.90 Å². The predicted octanol–water partition coefficient (Wildman–Crippen LogP) is 1.45. The molecule has 22 heavy (non-hydrogen) atoms. The molecule has 0 aliphatic heterocycles. The molecule has 4 N–H and O–H groups in total. The van der Waals surface area contributed by atoms with Crippen molar-refractivity contribution >= 4 is 26.7 Å². The number of fused-ring (bicyclic) bond motifs is 1. The number of sulfonamides is 1. The third-order valence-corrected chi connectivity index (χ3v) is 4.22. The molecule has 1 heterocycles. The number of anilines is 1. The molecule has 0 saturated carbocycles. The second-order valence-electron chi connectivity index (χ2n) is 4.91. The van der Waals surface area contributed by atoms with E-state index in [9.17, 15) is 8.42 Å². The van der Waals surface area contributed by atoms with Gasteiger partial charge in [0, 0.05) is 11.8 Å². The fraction of sp³-hybridized carbons (Fsp3) is 0.0667. The number of rotatable bonds is 3. The Hall–Kier alpha value is -2.51. The summed E-state index contributed by atoms with van der Waals surface area (Å²) >= 11 is 0. The van der Waals surface area contributed by atoms with Gasteiger partial charge in [-0.15, -0.1) is 0 Å². The largest absolute Gasteiger partial charge is 0.383 e. The zero-order valence-corrected chi connectivity index (χ0v) is 12.4. The molecule has 0 radical (unpaired) electrons. The van der Waals surface area contributed by atoms with Crippen molar-refractivity contribution < 1.29 is 8.42 Å². The minimum absolute atomic E-state index is 0.0789. The zero-order valence-electron chi connectivity index (χ0n) is 11.6. The van der Waals surface area contributed by atoms with Crippen LogP contribution in [0.5, 0.6) is 0 Å². The number of nitrogens with zero attached hydrogens (tertiary/aromatic N) is 2. The lowest BCUT2D eigenvalue weighted by atomic mass is 10.1. The van der Waals surface area contributed by atoms with E-state index < -0.39 is 10.0 Å². The summed E-state index contributed by atoms with van der Waals surface area (Å²) in [5.74, 6) is 1.02. The molecule has 0 bridgehead atoms. The van der Waals surface area contributed by atoms with Crippen LogP contribution in [0.4, 0.5) is 5.82 Å². The van der Waals surface area contributed by atoms with E-state index in [4.69, 9.17) is 10.9 Å². The average molecular weight is 314 g/mol. The third-order valence-electron chi connectivity index (χ3n) is 3.29. The number of aromatic nitrogens is 2. The summed E-state index contributed by atoms with van der Waals surface area (Å²) in [7, 11) is -3.68. The van der Waals surface area contributed by atoms with Crippen LogP contribution in [-0.4, -0.2) is 18.4 Å². The molecule has 0 spiro atoms. The summed E-state index contributed by atoms with van der Waals surface area (Å²) in [6, 6.07) is 13.8. The zero-order chi connectivity index (χ0) is 15.7. The molecular formula is C15H14N4O2S. The molecule has 0 fully saturated rings. The first-order chi connectivity index (χ1) is 10.4. The maximum atomic E-state index is 11.2. The number of hydrogen-bond acceptors (Lipinski definition) is 5. The van der Waals surface area contributed by atoms with E-state index in [1.165, 1.54) is 12.1 Å². The SMILES string of the molecule is Nc1nc(Cc2ccc(S(N)(=O)=O)cc2)nc2ccccc12. The van der Waals surface area contributed by atoms with Crippen LogP contribution in [0.15, 0.2) is 53.4 Å². The second kappa shape index (κ2) is 5.36. The van der Waals surface area contributed by atoms with E-state index >= 15 is 0 Å². The third kappa shape index (κ3) is 2.90. The maximum Gasteiger partial charge on any atom is 0.238 e. The Kier molecular flexibility index (Phi) is 3.51. The molecule has 112 valence electrons. The molecule has 0 atom stereocenters. The monoisotopic (exact) mass is 314 g/mol. The van der Waals surface area contributed by atoms with Crippen molar-refractivity contribution in [3.8, 4) is 0 Å². The van der Waals surface area contributed by atoms with Crippen LogP contribution in [0.25, 0.3) is 10.9 Å². The van der Waals surface area contributed by atoms with Gasteiger partial charge < -0.3 is 5.73 Å². The minimum Gasteiger partial charge on any atom is -0.383 e. The lowest BCUT2D eigenvalue weighted by Crippen LogP contribution is -2.12. The van der Waals surface area contributed by atoms with E-state index in [0.29, 0.717) is 18.1 Å². The standard InChI is InChI=1S/C15H14N4O2S/c16-15-12-3-1-2-4-13(12)18-14(19-15)9-10-5-7-11(8-6-10)22(17,20)21/h1-8H,9H2,(H2,16,18,19)(H2,17,20,21). The van der Waals surface area contributed by atoms with Gasteiger partial charge in [0.2, 0.25) is 10.0 Å². The molecule has 2 aromatic carbocycles.